The highest BCUT2D eigenvalue weighted by Crippen LogP contribution is 2.26. The lowest BCUT2D eigenvalue weighted by Crippen LogP contribution is -2.14. The molecule has 0 saturated heterocycles. The molecule has 0 heterocycles. The third kappa shape index (κ3) is 1.25. The Hall–Kier alpha value is -0.660. The minimum Gasteiger partial charge on any atom is -0.242 e. The van der Waals surface area contributed by atoms with E-state index in [9.17, 15) is 8.78 Å². The summed E-state index contributed by atoms with van der Waals surface area (Å²) in [5.41, 5.74) is 0.670. The number of alkyl halides is 1. The maximum absolute atomic E-state index is 12.7. The minimum absolute atomic E-state index is 0.354. The molecule has 0 spiro atoms. The van der Waals surface area contributed by atoms with Crippen molar-refractivity contribution in [1.82, 2.24) is 0 Å². The fraction of sp³-hybridized carbons (Fsp3) is 0.500. The zero-order valence-electron chi connectivity index (χ0n) is 6.07. The quantitative estimate of drug-likeness (QED) is 0.490. The first-order chi connectivity index (χ1) is 4.61. The van der Waals surface area contributed by atoms with Crippen molar-refractivity contribution in [1.29, 1.82) is 0 Å². The Morgan fingerprint density at radius 2 is 2.10 bits per heavy atom. The topological polar surface area (TPSA) is 0 Å². The first-order valence-electron chi connectivity index (χ1n) is 3.31. The fourth-order valence-corrected chi connectivity index (χ4v) is 0.945. The molecule has 0 radical (unpaired) electrons. The van der Waals surface area contributed by atoms with E-state index in [2.05, 4.69) is 0 Å². The van der Waals surface area contributed by atoms with Crippen molar-refractivity contribution in [2.24, 2.45) is 5.92 Å². The van der Waals surface area contributed by atoms with Crippen molar-refractivity contribution in [2.45, 2.75) is 20.0 Å². The van der Waals surface area contributed by atoms with Crippen LogP contribution in [0.1, 0.15) is 13.8 Å². The van der Waals surface area contributed by atoms with E-state index in [0.29, 0.717) is 5.57 Å². The summed E-state index contributed by atoms with van der Waals surface area (Å²) in [7, 11) is 0. The van der Waals surface area contributed by atoms with Gasteiger partial charge in [0, 0.05) is 5.92 Å². The van der Waals surface area contributed by atoms with Crippen LogP contribution in [0, 0.1) is 5.92 Å². The Morgan fingerprint density at radius 3 is 2.60 bits per heavy atom. The molecule has 0 N–H and O–H groups in total. The normalized spacial score (nSPS) is 33.2. The molecule has 1 unspecified atom stereocenters. The summed E-state index contributed by atoms with van der Waals surface area (Å²) >= 11 is 0. The number of hydrogen-bond acceptors (Lipinski definition) is 0. The summed E-state index contributed by atoms with van der Waals surface area (Å²) in [4.78, 5) is 0. The number of rotatable bonds is 0. The standard InChI is InChI=1S/C8H10F2/c1-5-3-7(9)6(2)8(10)4-5/h3-4,6-7H,1-2H3/t6?,7-/m1/s1. The van der Waals surface area contributed by atoms with Gasteiger partial charge in [-0.05, 0) is 24.6 Å². The van der Waals surface area contributed by atoms with Gasteiger partial charge >= 0.3 is 0 Å². The van der Waals surface area contributed by atoms with E-state index in [0.717, 1.165) is 0 Å². The van der Waals surface area contributed by atoms with Gasteiger partial charge in [0.15, 0.2) is 0 Å². The van der Waals surface area contributed by atoms with Crippen LogP contribution < -0.4 is 0 Å². The maximum Gasteiger partial charge on any atom is 0.128 e. The minimum atomic E-state index is -1.15. The van der Waals surface area contributed by atoms with Crippen molar-refractivity contribution in [2.75, 3.05) is 0 Å². The van der Waals surface area contributed by atoms with Gasteiger partial charge in [-0.3, -0.25) is 0 Å². The molecule has 56 valence electrons. The van der Waals surface area contributed by atoms with E-state index < -0.39 is 12.1 Å². The van der Waals surface area contributed by atoms with Crippen molar-refractivity contribution in [3.05, 3.63) is 23.6 Å². The average Bonchev–Trinajstić information content (AvgIpc) is 1.82. The molecule has 0 saturated carbocycles. The van der Waals surface area contributed by atoms with Crippen LogP contribution >= 0.6 is 0 Å². The molecule has 0 bridgehead atoms. The summed E-state index contributed by atoms with van der Waals surface area (Å²) in [6, 6.07) is 0. The van der Waals surface area contributed by atoms with Crippen LogP contribution in [0.25, 0.3) is 0 Å². The Morgan fingerprint density at radius 1 is 1.50 bits per heavy atom. The van der Waals surface area contributed by atoms with E-state index in [4.69, 9.17) is 0 Å². The Balaban J connectivity index is 2.85. The summed E-state index contributed by atoms with van der Waals surface area (Å²) in [5, 5.41) is 0. The van der Waals surface area contributed by atoms with Gasteiger partial charge in [0.1, 0.15) is 12.0 Å². The monoisotopic (exact) mass is 144 g/mol. The molecule has 1 aliphatic rings. The van der Waals surface area contributed by atoms with Crippen LogP contribution in [0.15, 0.2) is 23.6 Å². The zero-order valence-corrected chi connectivity index (χ0v) is 6.07. The van der Waals surface area contributed by atoms with Crippen LogP contribution in [-0.2, 0) is 0 Å². The van der Waals surface area contributed by atoms with Crippen LogP contribution in [-0.4, -0.2) is 6.17 Å². The summed E-state index contributed by atoms with van der Waals surface area (Å²) < 4.78 is 25.4. The predicted molar refractivity (Wildman–Crippen MR) is 37.0 cm³/mol. The summed E-state index contributed by atoms with van der Waals surface area (Å²) in [6.45, 7) is 3.23. The molecule has 10 heavy (non-hydrogen) atoms. The van der Waals surface area contributed by atoms with Gasteiger partial charge < -0.3 is 0 Å². The Labute approximate surface area is 59.2 Å². The Bertz CT molecular complexity index is 191. The van der Waals surface area contributed by atoms with Crippen LogP contribution in [0.3, 0.4) is 0 Å². The maximum atomic E-state index is 12.7. The van der Waals surface area contributed by atoms with E-state index in [1.54, 1.807) is 13.8 Å². The van der Waals surface area contributed by atoms with Crippen LogP contribution in [0.4, 0.5) is 8.78 Å². The van der Waals surface area contributed by atoms with Gasteiger partial charge in [0.05, 0.1) is 0 Å². The molecule has 0 amide bonds. The summed E-state index contributed by atoms with van der Waals surface area (Å²) in [5.74, 6) is -0.948. The number of halogens is 2. The molecule has 0 aliphatic heterocycles. The zero-order chi connectivity index (χ0) is 7.72. The molecule has 2 heteroatoms. The van der Waals surface area contributed by atoms with Gasteiger partial charge in [-0.15, -0.1) is 0 Å². The third-order valence-electron chi connectivity index (χ3n) is 1.70. The first-order valence-corrected chi connectivity index (χ1v) is 3.31. The lowest BCUT2D eigenvalue weighted by molar-refractivity contribution is 0.289. The molecule has 2 atom stereocenters. The molecule has 1 aliphatic carbocycles. The van der Waals surface area contributed by atoms with Gasteiger partial charge in [-0.25, -0.2) is 8.78 Å². The second-order valence-corrected chi connectivity index (χ2v) is 2.67. The lowest BCUT2D eigenvalue weighted by Gasteiger charge is -2.16. The van der Waals surface area contributed by atoms with E-state index in [-0.39, 0.29) is 5.83 Å². The van der Waals surface area contributed by atoms with E-state index in [1.165, 1.54) is 12.2 Å². The molecule has 0 fully saturated rings. The van der Waals surface area contributed by atoms with Gasteiger partial charge in [0.2, 0.25) is 0 Å². The molecule has 0 aromatic carbocycles. The van der Waals surface area contributed by atoms with Gasteiger partial charge in [0.25, 0.3) is 0 Å². The smallest absolute Gasteiger partial charge is 0.128 e. The van der Waals surface area contributed by atoms with Crippen molar-refractivity contribution < 1.29 is 8.78 Å². The first kappa shape index (κ1) is 7.45. The second kappa shape index (κ2) is 2.52. The van der Waals surface area contributed by atoms with Gasteiger partial charge in [-0.2, -0.15) is 0 Å². The predicted octanol–water partition coefficient (Wildman–Crippen LogP) is 2.77. The second-order valence-electron chi connectivity index (χ2n) is 2.67. The molecule has 0 aromatic rings. The van der Waals surface area contributed by atoms with E-state index >= 15 is 0 Å². The van der Waals surface area contributed by atoms with Crippen LogP contribution in [0.2, 0.25) is 0 Å². The molecule has 0 nitrogen and oxygen atoms in total. The highest BCUT2D eigenvalue weighted by molar-refractivity contribution is 5.27. The number of allylic oxidation sites excluding steroid dienone is 4. The fourth-order valence-electron chi connectivity index (χ4n) is 0.945. The Kier molecular flexibility index (Phi) is 1.88. The van der Waals surface area contributed by atoms with E-state index in [1.807, 2.05) is 0 Å². The highest BCUT2D eigenvalue weighted by Gasteiger charge is 2.21. The lowest BCUT2D eigenvalue weighted by atomic mass is 9.96. The SMILES string of the molecule is CC1=C[C@@H](F)C(C)C(F)=C1. The van der Waals surface area contributed by atoms with Crippen molar-refractivity contribution >= 4 is 0 Å². The van der Waals surface area contributed by atoms with Crippen molar-refractivity contribution in [3.63, 3.8) is 0 Å². The molecular weight excluding hydrogens is 134 g/mol. The third-order valence-corrected chi connectivity index (χ3v) is 1.70. The highest BCUT2D eigenvalue weighted by atomic mass is 19.1. The molecular formula is C8H10F2. The number of hydrogen-bond donors (Lipinski definition) is 0. The average molecular weight is 144 g/mol. The van der Waals surface area contributed by atoms with Crippen molar-refractivity contribution in [3.8, 4) is 0 Å². The largest absolute Gasteiger partial charge is 0.242 e. The van der Waals surface area contributed by atoms with Gasteiger partial charge in [-0.1, -0.05) is 6.92 Å². The molecule has 1 rings (SSSR count). The van der Waals surface area contributed by atoms with Crippen LogP contribution in [0.5, 0.6) is 0 Å². The summed E-state index contributed by atoms with van der Waals surface area (Å²) in [6.07, 6.45) is 1.67. The molecule has 0 aromatic heterocycles.